The number of ketones is 1. The second kappa shape index (κ2) is 10.4. The molecule has 1 aliphatic heterocycles. The lowest BCUT2D eigenvalue weighted by Crippen LogP contribution is -2.54. The van der Waals surface area contributed by atoms with Gasteiger partial charge in [0.2, 0.25) is 0 Å². The minimum absolute atomic E-state index is 0.0992. The quantitative estimate of drug-likeness (QED) is 0.308. The van der Waals surface area contributed by atoms with Gasteiger partial charge in [-0.05, 0) is 48.9 Å². The third kappa shape index (κ3) is 5.32. The smallest absolute Gasteiger partial charge is 0.331 e. The largest absolute Gasteiger partial charge is 0.452 e. The Labute approximate surface area is 189 Å². The molecule has 1 fully saturated rings. The molecule has 2 atom stereocenters. The van der Waals surface area contributed by atoms with Crippen molar-refractivity contribution in [2.75, 3.05) is 6.54 Å². The number of carbonyl (C=O) groups excluding carboxylic acids is 2. The number of carbonyl (C=O) groups is 2. The number of benzene rings is 3. The van der Waals surface area contributed by atoms with Crippen molar-refractivity contribution in [2.45, 2.75) is 43.7 Å². The third-order valence-electron chi connectivity index (χ3n) is 6.11. The van der Waals surface area contributed by atoms with E-state index in [4.69, 9.17) is 4.74 Å². The van der Waals surface area contributed by atoms with E-state index in [1.54, 1.807) is 0 Å². The fourth-order valence-electron chi connectivity index (χ4n) is 4.36. The van der Waals surface area contributed by atoms with Gasteiger partial charge in [0, 0.05) is 0 Å². The average molecular weight is 428 g/mol. The van der Waals surface area contributed by atoms with E-state index in [1.807, 2.05) is 66.7 Å². The maximum atomic E-state index is 13.1. The van der Waals surface area contributed by atoms with Crippen molar-refractivity contribution in [3.63, 3.8) is 0 Å². The van der Waals surface area contributed by atoms with Gasteiger partial charge in [-0.2, -0.15) is 0 Å². The second-order valence-electron chi connectivity index (χ2n) is 8.39. The average Bonchev–Trinajstić information content (AvgIpc) is 2.84. The molecule has 0 saturated carbocycles. The van der Waals surface area contributed by atoms with Gasteiger partial charge in [0.05, 0.1) is 6.42 Å². The zero-order chi connectivity index (χ0) is 22.2. The summed E-state index contributed by atoms with van der Waals surface area (Å²) in [5.41, 5.74) is 2.36. The summed E-state index contributed by atoms with van der Waals surface area (Å²) >= 11 is 0. The SMILES string of the molecule is O=C1CC(CCc2ccccc2)(c2ccccc2)OC(=O)C1NCCCc1ccccc1. The van der Waals surface area contributed by atoms with Crippen LogP contribution >= 0.6 is 0 Å². The summed E-state index contributed by atoms with van der Waals surface area (Å²) in [6.45, 7) is 0.586. The normalized spacial score (nSPS) is 20.7. The number of Topliss-reactive ketones (excluding diaryl/α,β-unsaturated/α-hetero) is 1. The molecule has 0 aromatic heterocycles. The molecule has 0 amide bonds. The Balaban J connectivity index is 1.42. The molecular formula is C28H29NO3. The Bertz CT molecular complexity index is 1000. The number of hydrogen-bond donors (Lipinski definition) is 1. The monoisotopic (exact) mass is 427 g/mol. The lowest BCUT2D eigenvalue weighted by Gasteiger charge is -2.39. The van der Waals surface area contributed by atoms with Crippen molar-refractivity contribution >= 4 is 11.8 Å². The van der Waals surface area contributed by atoms with E-state index in [1.165, 1.54) is 5.56 Å². The first-order valence-electron chi connectivity index (χ1n) is 11.3. The molecule has 0 bridgehead atoms. The molecule has 4 heteroatoms. The van der Waals surface area contributed by atoms with Crippen LogP contribution in [0, 0.1) is 0 Å². The first-order chi connectivity index (χ1) is 15.7. The van der Waals surface area contributed by atoms with E-state index in [2.05, 4.69) is 29.6 Å². The van der Waals surface area contributed by atoms with Crippen LogP contribution in [0.3, 0.4) is 0 Å². The highest BCUT2D eigenvalue weighted by Crippen LogP contribution is 2.38. The Kier molecular flexibility index (Phi) is 7.13. The fraction of sp³-hybridized carbons (Fsp3) is 0.286. The van der Waals surface area contributed by atoms with E-state index < -0.39 is 17.6 Å². The number of ether oxygens (including phenoxy) is 1. The van der Waals surface area contributed by atoms with Gasteiger partial charge < -0.3 is 4.74 Å². The molecule has 4 nitrogen and oxygen atoms in total. The predicted octanol–water partition coefficient (Wildman–Crippen LogP) is 4.62. The number of esters is 1. The molecule has 164 valence electrons. The Morgan fingerprint density at radius 3 is 1.94 bits per heavy atom. The maximum Gasteiger partial charge on any atom is 0.331 e. The highest BCUT2D eigenvalue weighted by Gasteiger charge is 2.47. The maximum absolute atomic E-state index is 13.1. The van der Waals surface area contributed by atoms with Crippen LogP contribution in [-0.2, 0) is 32.8 Å². The first kappa shape index (κ1) is 22.0. The van der Waals surface area contributed by atoms with Crippen LogP contribution in [0.2, 0.25) is 0 Å². The molecule has 3 aromatic rings. The minimum atomic E-state index is -0.923. The van der Waals surface area contributed by atoms with Crippen LogP contribution in [0.15, 0.2) is 91.0 Å². The summed E-state index contributed by atoms with van der Waals surface area (Å²) in [6.07, 6.45) is 3.23. The van der Waals surface area contributed by atoms with Crippen LogP contribution < -0.4 is 5.32 Å². The van der Waals surface area contributed by atoms with Gasteiger partial charge in [-0.3, -0.25) is 10.1 Å². The van der Waals surface area contributed by atoms with E-state index in [0.29, 0.717) is 13.0 Å². The van der Waals surface area contributed by atoms with Gasteiger partial charge in [0.1, 0.15) is 5.60 Å². The number of cyclic esters (lactones) is 1. The molecule has 1 saturated heterocycles. The van der Waals surface area contributed by atoms with Gasteiger partial charge >= 0.3 is 5.97 Å². The van der Waals surface area contributed by atoms with E-state index in [0.717, 1.165) is 30.4 Å². The molecule has 0 spiro atoms. The highest BCUT2D eigenvalue weighted by atomic mass is 16.6. The molecule has 1 heterocycles. The van der Waals surface area contributed by atoms with Crippen LogP contribution in [-0.4, -0.2) is 24.3 Å². The fourth-order valence-corrected chi connectivity index (χ4v) is 4.36. The standard InChI is InChI=1S/C28H29NO3/c30-25-21-28(24-16-8-3-9-17-24,19-18-23-13-6-2-7-14-23)32-27(31)26(25)29-20-10-15-22-11-4-1-5-12-22/h1-9,11-14,16-17,26,29H,10,15,18-21H2. The van der Waals surface area contributed by atoms with Gasteiger partial charge in [0.25, 0.3) is 0 Å². The van der Waals surface area contributed by atoms with Crippen molar-refractivity contribution < 1.29 is 14.3 Å². The summed E-state index contributed by atoms with van der Waals surface area (Å²) in [7, 11) is 0. The second-order valence-corrected chi connectivity index (χ2v) is 8.39. The van der Waals surface area contributed by atoms with E-state index in [9.17, 15) is 9.59 Å². The van der Waals surface area contributed by atoms with Crippen molar-refractivity contribution in [2.24, 2.45) is 0 Å². The van der Waals surface area contributed by atoms with Gasteiger partial charge in [-0.15, -0.1) is 0 Å². The Morgan fingerprint density at radius 1 is 0.781 bits per heavy atom. The Hall–Kier alpha value is -3.24. The zero-order valence-electron chi connectivity index (χ0n) is 18.2. The zero-order valence-corrected chi connectivity index (χ0v) is 18.2. The van der Waals surface area contributed by atoms with Gasteiger partial charge in [-0.25, -0.2) is 4.79 Å². The van der Waals surface area contributed by atoms with Crippen LogP contribution in [0.1, 0.15) is 36.0 Å². The number of nitrogens with one attached hydrogen (secondary N) is 1. The topological polar surface area (TPSA) is 55.4 Å². The van der Waals surface area contributed by atoms with Crippen LogP contribution in [0.4, 0.5) is 0 Å². The van der Waals surface area contributed by atoms with E-state index >= 15 is 0 Å². The summed E-state index contributed by atoms with van der Waals surface area (Å²) in [5, 5.41) is 3.13. The van der Waals surface area contributed by atoms with E-state index in [-0.39, 0.29) is 12.2 Å². The molecule has 3 aromatic carbocycles. The van der Waals surface area contributed by atoms with Crippen LogP contribution in [0.25, 0.3) is 0 Å². The van der Waals surface area contributed by atoms with Crippen molar-refractivity contribution in [1.29, 1.82) is 0 Å². The van der Waals surface area contributed by atoms with Crippen molar-refractivity contribution in [1.82, 2.24) is 5.32 Å². The molecule has 4 rings (SSSR count). The summed E-state index contributed by atoms with van der Waals surface area (Å²) in [6, 6.07) is 29.1. The summed E-state index contributed by atoms with van der Waals surface area (Å²) in [5.74, 6) is -0.573. The summed E-state index contributed by atoms with van der Waals surface area (Å²) < 4.78 is 6.06. The van der Waals surface area contributed by atoms with Crippen molar-refractivity contribution in [3.05, 3.63) is 108 Å². The molecule has 0 radical (unpaired) electrons. The van der Waals surface area contributed by atoms with Gasteiger partial charge in [0.15, 0.2) is 11.8 Å². The van der Waals surface area contributed by atoms with Crippen molar-refractivity contribution in [3.8, 4) is 0 Å². The molecule has 1 N–H and O–H groups in total. The molecule has 0 aliphatic carbocycles. The summed E-state index contributed by atoms with van der Waals surface area (Å²) in [4.78, 5) is 26.1. The molecule has 32 heavy (non-hydrogen) atoms. The first-order valence-corrected chi connectivity index (χ1v) is 11.3. The third-order valence-corrected chi connectivity index (χ3v) is 6.11. The van der Waals surface area contributed by atoms with Gasteiger partial charge in [-0.1, -0.05) is 91.0 Å². The van der Waals surface area contributed by atoms with Crippen LogP contribution in [0.5, 0.6) is 0 Å². The minimum Gasteiger partial charge on any atom is -0.452 e. The Morgan fingerprint density at radius 2 is 1.34 bits per heavy atom. The molecule has 2 unspecified atom stereocenters. The molecular weight excluding hydrogens is 398 g/mol. The molecule has 1 aliphatic rings. The highest BCUT2D eigenvalue weighted by molar-refractivity contribution is 6.05. The number of aryl methyl sites for hydroxylation is 2. The lowest BCUT2D eigenvalue weighted by atomic mass is 9.80. The number of rotatable bonds is 9. The predicted molar refractivity (Wildman–Crippen MR) is 125 cm³/mol. The lowest BCUT2D eigenvalue weighted by molar-refractivity contribution is -0.176. The number of hydrogen-bond acceptors (Lipinski definition) is 4.